The summed E-state index contributed by atoms with van der Waals surface area (Å²) in [5, 5.41) is 12.1. The molecule has 132 valence electrons. The Kier molecular flexibility index (Phi) is 4.45. The summed E-state index contributed by atoms with van der Waals surface area (Å²) in [6, 6.07) is 10.9. The molecule has 4 N–H and O–H groups in total. The number of nitrogens with two attached hydrogens (primary N) is 1. The SMILES string of the molecule is CCc1ccc(NC(=O)n2cc(C(=O)O)c(=O)c3ccccc32)cc1N. The topological polar surface area (TPSA) is 114 Å². The molecule has 7 nitrogen and oxygen atoms in total. The van der Waals surface area contributed by atoms with Gasteiger partial charge in [-0.05, 0) is 36.2 Å². The van der Waals surface area contributed by atoms with Gasteiger partial charge in [-0.25, -0.2) is 9.59 Å². The van der Waals surface area contributed by atoms with Crippen LogP contribution < -0.4 is 16.5 Å². The van der Waals surface area contributed by atoms with Crippen molar-refractivity contribution in [3.63, 3.8) is 0 Å². The van der Waals surface area contributed by atoms with Crippen molar-refractivity contribution in [1.82, 2.24) is 4.57 Å². The lowest BCUT2D eigenvalue weighted by atomic mass is 10.1. The van der Waals surface area contributed by atoms with Crippen LogP contribution in [0, 0.1) is 0 Å². The van der Waals surface area contributed by atoms with Crippen LogP contribution in [-0.4, -0.2) is 21.7 Å². The fourth-order valence-electron chi connectivity index (χ4n) is 2.78. The normalized spacial score (nSPS) is 10.7. The third kappa shape index (κ3) is 3.02. The number of nitrogen functional groups attached to an aromatic ring is 1. The molecule has 3 rings (SSSR count). The molecular formula is C19H17N3O4. The highest BCUT2D eigenvalue weighted by molar-refractivity contribution is 6.01. The van der Waals surface area contributed by atoms with Crippen LogP contribution in [0.1, 0.15) is 22.8 Å². The van der Waals surface area contributed by atoms with Crippen LogP contribution >= 0.6 is 0 Å². The number of anilines is 2. The molecule has 0 aliphatic carbocycles. The molecule has 0 saturated heterocycles. The molecule has 0 aliphatic rings. The molecule has 1 heterocycles. The van der Waals surface area contributed by atoms with E-state index in [2.05, 4.69) is 5.32 Å². The highest BCUT2D eigenvalue weighted by Crippen LogP contribution is 2.19. The highest BCUT2D eigenvalue weighted by Gasteiger charge is 2.17. The lowest BCUT2D eigenvalue weighted by Gasteiger charge is -2.13. The van der Waals surface area contributed by atoms with E-state index in [1.54, 1.807) is 30.3 Å². The molecule has 1 aromatic heterocycles. The zero-order valence-electron chi connectivity index (χ0n) is 14.0. The van der Waals surface area contributed by atoms with E-state index >= 15 is 0 Å². The molecule has 0 atom stereocenters. The van der Waals surface area contributed by atoms with Crippen LogP contribution in [0.2, 0.25) is 0 Å². The van der Waals surface area contributed by atoms with Gasteiger partial charge in [0.1, 0.15) is 5.56 Å². The van der Waals surface area contributed by atoms with Gasteiger partial charge in [-0.1, -0.05) is 25.1 Å². The quantitative estimate of drug-likeness (QED) is 0.628. The second-order valence-electron chi connectivity index (χ2n) is 5.76. The predicted octanol–water partition coefficient (Wildman–Crippen LogP) is 2.92. The molecule has 0 unspecified atom stereocenters. The minimum Gasteiger partial charge on any atom is -0.477 e. The van der Waals surface area contributed by atoms with Crippen molar-refractivity contribution < 1.29 is 14.7 Å². The van der Waals surface area contributed by atoms with Crippen LogP contribution in [-0.2, 0) is 6.42 Å². The van der Waals surface area contributed by atoms with Crippen LogP contribution in [0.15, 0.2) is 53.5 Å². The molecule has 0 aliphatic heterocycles. The summed E-state index contributed by atoms with van der Waals surface area (Å²) in [5.74, 6) is -1.39. The van der Waals surface area contributed by atoms with Gasteiger partial charge in [0.2, 0.25) is 5.43 Å². The van der Waals surface area contributed by atoms with E-state index in [1.165, 1.54) is 6.07 Å². The van der Waals surface area contributed by atoms with Gasteiger partial charge < -0.3 is 16.2 Å². The number of para-hydroxylation sites is 1. The fraction of sp³-hybridized carbons (Fsp3) is 0.105. The third-order valence-corrected chi connectivity index (χ3v) is 4.14. The maximum atomic E-state index is 12.7. The molecule has 3 aromatic rings. The Bertz CT molecular complexity index is 1090. The Morgan fingerprint density at radius 2 is 1.92 bits per heavy atom. The van der Waals surface area contributed by atoms with Crippen molar-refractivity contribution in [3.05, 3.63) is 70.0 Å². The summed E-state index contributed by atoms with van der Waals surface area (Å²) in [5.41, 5.74) is 7.15. The van der Waals surface area contributed by atoms with Crippen molar-refractivity contribution in [2.75, 3.05) is 11.1 Å². The largest absolute Gasteiger partial charge is 0.477 e. The Labute approximate surface area is 148 Å². The van der Waals surface area contributed by atoms with Gasteiger partial charge in [0, 0.05) is 23.0 Å². The van der Waals surface area contributed by atoms with Crippen LogP contribution in [0.4, 0.5) is 16.2 Å². The Morgan fingerprint density at radius 3 is 2.58 bits per heavy atom. The summed E-state index contributed by atoms with van der Waals surface area (Å²) in [6.45, 7) is 1.98. The number of carbonyl (C=O) groups excluding carboxylic acids is 1. The monoisotopic (exact) mass is 351 g/mol. The van der Waals surface area contributed by atoms with Crippen molar-refractivity contribution >= 4 is 34.3 Å². The van der Waals surface area contributed by atoms with E-state index in [0.717, 1.165) is 22.7 Å². The van der Waals surface area contributed by atoms with Crippen molar-refractivity contribution in [2.24, 2.45) is 0 Å². The third-order valence-electron chi connectivity index (χ3n) is 4.14. The lowest BCUT2D eigenvalue weighted by Crippen LogP contribution is -2.25. The Balaban J connectivity index is 2.08. The van der Waals surface area contributed by atoms with E-state index in [0.29, 0.717) is 16.9 Å². The number of aromatic nitrogens is 1. The summed E-state index contributed by atoms with van der Waals surface area (Å²) < 4.78 is 1.12. The number of hydrogen-bond donors (Lipinski definition) is 3. The molecule has 7 heteroatoms. The zero-order valence-corrected chi connectivity index (χ0v) is 14.0. The number of rotatable bonds is 3. The smallest absolute Gasteiger partial charge is 0.341 e. The second-order valence-corrected chi connectivity index (χ2v) is 5.76. The second kappa shape index (κ2) is 6.72. The van der Waals surface area contributed by atoms with Gasteiger partial charge in [-0.15, -0.1) is 0 Å². The number of pyridine rings is 1. The fourth-order valence-corrected chi connectivity index (χ4v) is 2.78. The van der Waals surface area contributed by atoms with E-state index < -0.39 is 23.0 Å². The number of amides is 1. The van der Waals surface area contributed by atoms with Gasteiger partial charge in [-0.3, -0.25) is 9.36 Å². The summed E-state index contributed by atoms with van der Waals surface area (Å²) in [6.07, 6.45) is 1.80. The number of benzene rings is 2. The first kappa shape index (κ1) is 17.2. The number of carboxylic acids is 1. The minimum absolute atomic E-state index is 0.156. The first-order valence-corrected chi connectivity index (χ1v) is 7.99. The van der Waals surface area contributed by atoms with Gasteiger partial charge >= 0.3 is 12.0 Å². The minimum atomic E-state index is -1.39. The number of fused-ring (bicyclic) bond motifs is 1. The first-order valence-electron chi connectivity index (χ1n) is 7.99. The molecule has 0 spiro atoms. The van der Waals surface area contributed by atoms with E-state index in [-0.39, 0.29) is 5.39 Å². The van der Waals surface area contributed by atoms with Crippen LogP contribution in [0.3, 0.4) is 0 Å². The summed E-state index contributed by atoms with van der Waals surface area (Å²) in [4.78, 5) is 36.3. The molecule has 0 fully saturated rings. The van der Waals surface area contributed by atoms with Gasteiger partial charge in [-0.2, -0.15) is 0 Å². The summed E-state index contributed by atoms with van der Waals surface area (Å²) in [7, 11) is 0. The molecule has 26 heavy (non-hydrogen) atoms. The van der Waals surface area contributed by atoms with Gasteiger partial charge in [0.05, 0.1) is 5.52 Å². The molecule has 0 bridgehead atoms. The number of nitrogens with zero attached hydrogens (tertiary/aromatic N) is 1. The molecule has 0 radical (unpaired) electrons. The van der Waals surface area contributed by atoms with Gasteiger partial charge in [0.25, 0.3) is 0 Å². The van der Waals surface area contributed by atoms with E-state index in [1.807, 2.05) is 13.0 Å². The average molecular weight is 351 g/mol. The number of aromatic carboxylic acids is 1. The van der Waals surface area contributed by atoms with Crippen LogP contribution in [0.5, 0.6) is 0 Å². The average Bonchev–Trinajstić information content (AvgIpc) is 2.62. The number of carbonyl (C=O) groups is 2. The Hall–Kier alpha value is -3.61. The maximum absolute atomic E-state index is 12.7. The summed E-state index contributed by atoms with van der Waals surface area (Å²) >= 11 is 0. The Morgan fingerprint density at radius 1 is 1.19 bits per heavy atom. The van der Waals surface area contributed by atoms with Crippen molar-refractivity contribution in [3.8, 4) is 0 Å². The lowest BCUT2D eigenvalue weighted by molar-refractivity contribution is 0.0695. The molecular weight excluding hydrogens is 334 g/mol. The molecule has 0 saturated carbocycles. The van der Waals surface area contributed by atoms with Crippen LogP contribution in [0.25, 0.3) is 10.9 Å². The number of carboxylic acid groups (broad SMARTS) is 1. The number of hydrogen-bond acceptors (Lipinski definition) is 4. The number of nitrogens with one attached hydrogen (secondary N) is 1. The maximum Gasteiger partial charge on any atom is 0.341 e. The van der Waals surface area contributed by atoms with Gasteiger partial charge in [0.15, 0.2) is 0 Å². The molecule has 2 aromatic carbocycles. The molecule has 1 amide bonds. The van der Waals surface area contributed by atoms with Crippen molar-refractivity contribution in [1.29, 1.82) is 0 Å². The predicted molar refractivity (Wildman–Crippen MR) is 99.8 cm³/mol. The zero-order chi connectivity index (χ0) is 18.8. The standard InChI is InChI=1S/C19H17N3O4/c1-2-11-7-8-12(9-15(11)20)21-19(26)22-10-14(18(24)25)17(23)13-5-3-4-6-16(13)22/h3-10H,2,20H2,1H3,(H,21,26)(H,24,25). The van der Waals surface area contributed by atoms with E-state index in [9.17, 15) is 19.5 Å². The highest BCUT2D eigenvalue weighted by atomic mass is 16.4. The van der Waals surface area contributed by atoms with E-state index in [4.69, 9.17) is 5.73 Å². The number of aryl methyl sites for hydroxylation is 1. The van der Waals surface area contributed by atoms with Crippen molar-refractivity contribution in [2.45, 2.75) is 13.3 Å². The first-order chi connectivity index (χ1) is 12.4.